The molecule has 1 aliphatic rings. The first-order valence-corrected chi connectivity index (χ1v) is 6.88. The van der Waals surface area contributed by atoms with Crippen LogP contribution in [0, 0.1) is 0 Å². The lowest BCUT2D eigenvalue weighted by Gasteiger charge is -2.24. The van der Waals surface area contributed by atoms with Crippen LogP contribution in [0.5, 0.6) is 5.75 Å². The van der Waals surface area contributed by atoms with Crippen LogP contribution in [0.15, 0.2) is 30.3 Å². The standard InChI is InChI=1S/C15H15F3N2O/c16-15(17,18)14-9-13(21-10-5-7-19-8-6-10)11-3-1-2-4-12(11)20-14/h1-4,9-10,19H,5-8H2. The highest BCUT2D eigenvalue weighted by molar-refractivity contribution is 5.85. The van der Waals surface area contributed by atoms with E-state index in [1.54, 1.807) is 24.3 Å². The Morgan fingerprint density at radius 3 is 2.57 bits per heavy atom. The number of piperidine rings is 1. The van der Waals surface area contributed by atoms with Gasteiger partial charge in [-0.1, -0.05) is 12.1 Å². The summed E-state index contributed by atoms with van der Waals surface area (Å²) >= 11 is 0. The summed E-state index contributed by atoms with van der Waals surface area (Å²) in [5, 5.41) is 3.82. The summed E-state index contributed by atoms with van der Waals surface area (Å²) in [6, 6.07) is 7.75. The second-order valence-corrected chi connectivity index (χ2v) is 5.09. The Balaban J connectivity index is 2.01. The van der Waals surface area contributed by atoms with Crippen molar-refractivity contribution in [2.45, 2.75) is 25.1 Å². The number of ether oxygens (including phenoxy) is 1. The number of fused-ring (bicyclic) bond motifs is 1. The molecule has 3 nitrogen and oxygen atoms in total. The Labute approximate surface area is 120 Å². The van der Waals surface area contributed by atoms with E-state index >= 15 is 0 Å². The lowest BCUT2D eigenvalue weighted by molar-refractivity contribution is -0.141. The number of para-hydroxylation sites is 1. The molecule has 0 spiro atoms. The van der Waals surface area contributed by atoms with Crippen LogP contribution >= 0.6 is 0 Å². The van der Waals surface area contributed by atoms with E-state index in [9.17, 15) is 13.2 Å². The Kier molecular flexibility index (Phi) is 3.71. The van der Waals surface area contributed by atoms with Crippen molar-refractivity contribution in [3.63, 3.8) is 0 Å². The Morgan fingerprint density at radius 2 is 1.86 bits per heavy atom. The van der Waals surface area contributed by atoms with Gasteiger partial charge in [-0.2, -0.15) is 13.2 Å². The third kappa shape index (κ3) is 3.10. The maximum Gasteiger partial charge on any atom is 0.433 e. The maximum absolute atomic E-state index is 12.9. The van der Waals surface area contributed by atoms with E-state index in [0.717, 1.165) is 32.0 Å². The van der Waals surface area contributed by atoms with Crippen LogP contribution in [-0.2, 0) is 6.18 Å². The molecular formula is C15H15F3N2O. The molecule has 0 amide bonds. The first kappa shape index (κ1) is 14.1. The smallest absolute Gasteiger partial charge is 0.433 e. The fourth-order valence-electron chi connectivity index (χ4n) is 2.48. The summed E-state index contributed by atoms with van der Waals surface area (Å²) in [5.41, 5.74) is -0.610. The fourth-order valence-corrected chi connectivity index (χ4v) is 2.48. The molecule has 0 saturated carbocycles. The van der Waals surface area contributed by atoms with Crippen LogP contribution in [0.25, 0.3) is 10.9 Å². The molecule has 21 heavy (non-hydrogen) atoms. The van der Waals surface area contributed by atoms with Crippen LogP contribution in [0.2, 0.25) is 0 Å². The average molecular weight is 296 g/mol. The lowest BCUT2D eigenvalue weighted by Crippen LogP contribution is -2.34. The molecule has 1 aromatic carbocycles. The van der Waals surface area contributed by atoms with Gasteiger partial charge in [-0.25, -0.2) is 4.98 Å². The number of aromatic nitrogens is 1. The summed E-state index contributed by atoms with van der Waals surface area (Å²) in [7, 11) is 0. The highest BCUT2D eigenvalue weighted by Gasteiger charge is 2.34. The van der Waals surface area contributed by atoms with E-state index in [1.807, 2.05) is 0 Å². The molecule has 0 unspecified atom stereocenters. The van der Waals surface area contributed by atoms with Gasteiger partial charge < -0.3 is 10.1 Å². The van der Waals surface area contributed by atoms with Crippen molar-refractivity contribution in [2.75, 3.05) is 13.1 Å². The number of benzene rings is 1. The summed E-state index contributed by atoms with van der Waals surface area (Å²) in [4.78, 5) is 3.68. The molecule has 6 heteroatoms. The number of rotatable bonds is 2. The van der Waals surface area contributed by atoms with Crippen molar-refractivity contribution in [2.24, 2.45) is 0 Å². The van der Waals surface area contributed by atoms with Gasteiger partial charge in [0.2, 0.25) is 0 Å². The minimum absolute atomic E-state index is 0.0573. The average Bonchev–Trinajstić information content (AvgIpc) is 2.47. The second kappa shape index (κ2) is 5.52. The van der Waals surface area contributed by atoms with E-state index in [4.69, 9.17) is 4.74 Å². The van der Waals surface area contributed by atoms with E-state index in [1.165, 1.54) is 0 Å². The molecule has 2 heterocycles. The van der Waals surface area contributed by atoms with Crippen molar-refractivity contribution in [1.29, 1.82) is 0 Å². The molecule has 1 saturated heterocycles. The highest BCUT2D eigenvalue weighted by Crippen LogP contribution is 2.34. The summed E-state index contributed by atoms with van der Waals surface area (Å²) < 4.78 is 44.7. The number of pyridine rings is 1. The van der Waals surface area contributed by atoms with Crippen molar-refractivity contribution >= 4 is 10.9 Å². The normalized spacial score (nSPS) is 17.1. The van der Waals surface area contributed by atoms with Crippen LogP contribution in [0.1, 0.15) is 18.5 Å². The quantitative estimate of drug-likeness (QED) is 0.922. The predicted octanol–water partition coefficient (Wildman–Crippen LogP) is 3.38. The fraction of sp³-hybridized carbons (Fsp3) is 0.400. The first-order chi connectivity index (χ1) is 10.0. The summed E-state index contributed by atoms with van der Waals surface area (Å²) in [6.07, 6.45) is -2.95. The zero-order valence-electron chi connectivity index (χ0n) is 11.3. The van der Waals surface area contributed by atoms with Crippen molar-refractivity contribution in [3.8, 4) is 5.75 Å². The predicted molar refractivity (Wildman–Crippen MR) is 73.3 cm³/mol. The van der Waals surface area contributed by atoms with Gasteiger partial charge in [0.25, 0.3) is 0 Å². The molecule has 1 aromatic heterocycles. The number of alkyl halides is 3. The Morgan fingerprint density at radius 1 is 1.14 bits per heavy atom. The van der Waals surface area contributed by atoms with Crippen LogP contribution in [0.4, 0.5) is 13.2 Å². The van der Waals surface area contributed by atoms with Gasteiger partial charge in [-0.15, -0.1) is 0 Å². The van der Waals surface area contributed by atoms with Gasteiger partial charge in [-0.3, -0.25) is 0 Å². The Hall–Kier alpha value is -1.82. The first-order valence-electron chi connectivity index (χ1n) is 6.88. The number of nitrogens with zero attached hydrogens (tertiary/aromatic N) is 1. The van der Waals surface area contributed by atoms with Gasteiger partial charge in [0, 0.05) is 11.5 Å². The van der Waals surface area contributed by atoms with Gasteiger partial charge in [0.1, 0.15) is 17.5 Å². The zero-order valence-corrected chi connectivity index (χ0v) is 11.3. The minimum atomic E-state index is -4.48. The molecule has 112 valence electrons. The SMILES string of the molecule is FC(F)(F)c1cc(OC2CCNCC2)c2ccccc2n1. The third-order valence-corrected chi connectivity index (χ3v) is 3.55. The van der Waals surface area contributed by atoms with E-state index in [0.29, 0.717) is 10.9 Å². The molecule has 2 aromatic rings. The molecule has 0 bridgehead atoms. The molecule has 3 rings (SSSR count). The third-order valence-electron chi connectivity index (χ3n) is 3.55. The monoisotopic (exact) mass is 296 g/mol. The molecular weight excluding hydrogens is 281 g/mol. The number of hydrogen-bond acceptors (Lipinski definition) is 3. The van der Waals surface area contributed by atoms with Gasteiger partial charge >= 0.3 is 6.18 Å². The number of halogens is 3. The van der Waals surface area contributed by atoms with Gasteiger partial charge in [-0.05, 0) is 38.1 Å². The highest BCUT2D eigenvalue weighted by atomic mass is 19.4. The van der Waals surface area contributed by atoms with Crippen molar-refractivity contribution in [3.05, 3.63) is 36.0 Å². The molecule has 0 atom stereocenters. The summed E-state index contributed by atoms with van der Waals surface area (Å²) in [5.74, 6) is 0.264. The van der Waals surface area contributed by atoms with Gasteiger partial charge in [0.15, 0.2) is 0 Å². The van der Waals surface area contributed by atoms with E-state index < -0.39 is 11.9 Å². The maximum atomic E-state index is 12.9. The molecule has 1 N–H and O–H groups in total. The number of hydrogen-bond donors (Lipinski definition) is 1. The molecule has 1 fully saturated rings. The minimum Gasteiger partial charge on any atom is -0.490 e. The van der Waals surface area contributed by atoms with Crippen molar-refractivity contribution in [1.82, 2.24) is 10.3 Å². The number of nitrogens with one attached hydrogen (secondary N) is 1. The van der Waals surface area contributed by atoms with Gasteiger partial charge in [0.05, 0.1) is 5.52 Å². The van der Waals surface area contributed by atoms with Crippen LogP contribution in [0.3, 0.4) is 0 Å². The second-order valence-electron chi connectivity index (χ2n) is 5.09. The molecule has 1 aliphatic heterocycles. The zero-order chi connectivity index (χ0) is 14.9. The molecule has 0 aliphatic carbocycles. The largest absolute Gasteiger partial charge is 0.490 e. The lowest BCUT2D eigenvalue weighted by atomic mass is 10.1. The summed E-state index contributed by atoms with van der Waals surface area (Å²) in [6.45, 7) is 1.64. The molecule has 0 radical (unpaired) electrons. The van der Waals surface area contributed by atoms with Crippen LogP contribution in [-0.4, -0.2) is 24.2 Å². The topological polar surface area (TPSA) is 34.1 Å². The Bertz CT molecular complexity index is 636. The van der Waals surface area contributed by atoms with Crippen LogP contribution < -0.4 is 10.1 Å². The van der Waals surface area contributed by atoms with E-state index in [-0.39, 0.29) is 11.9 Å². The van der Waals surface area contributed by atoms with E-state index in [2.05, 4.69) is 10.3 Å². The van der Waals surface area contributed by atoms with Crippen molar-refractivity contribution < 1.29 is 17.9 Å².